The highest BCUT2D eigenvalue weighted by atomic mass is 32.2. The van der Waals surface area contributed by atoms with Crippen LogP contribution < -0.4 is 5.32 Å². The number of hydrogen-bond donors (Lipinski definition) is 1. The van der Waals surface area contributed by atoms with Crippen LogP contribution in [0.2, 0.25) is 0 Å². The van der Waals surface area contributed by atoms with Crippen LogP contribution in [-0.4, -0.2) is 41.2 Å². The van der Waals surface area contributed by atoms with Crippen molar-refractivity contribution in [3.8, 4) is 0 Å². The van der Waals surface area contributed by atoms with Gasteiger partial charge in [-0.05, 0) is 26.7 Å². The topological polar surface area (TPSA) is 15.3 Å². The molecule has 82 valence electrons. The number of nitrogens with one attached hydrogen (secondary N) is 1. The fourth-order valence-electron chi connectivity index (χ4n) is 2.64. The first kappa shape index (κ1) is 10.8. The quantitative estimate of drug-likeness (QED) is 0.756. The predicted octanol–water partition coefficient (Wildman–Crippen LogP) is 1.91. The average Bonchev–Trinajstić information content (AvgIpc) is 2.64. The van der Waals surface area contributed by atoms with Gasteiger partial charge in [-0.15, -0.1) is 11.8 Å². The van der Waals surface area contributed by atoms with Crippen LogP contribution in [0.15, 0.2) is 0 Å². The van der Waals surface area contributed by atoms with E-state index in [0.29, 0.717) is 0 Å². The highest BCUT2D eigenvalue weighted by Crippen LogP contribution is 2.23. The first-order chi connectivity index (χ1) is 6.77. The first-order valence-corrected chi connectivity index (χ1v) is 6.99. The normalized spacial score (nSPS) is 40.3. The van der Waals surface area contributed by atoms with E-state index in [9.17, 15) is 0 Å². The minimum absolute atomic E-state index is 0.739. The van der Waals surface area contributed by atoms with Crippen molar-refractivity contribution in [2.24, 2.45) is 0 Å². The van der Waals surface area contributed by atoms with Gasteiger partial charge in [-0.2, -0.15) is 0 Å². The van der Waals surface area contributed by atoms with E-state index in [1.54, 1.807) is 0 Å². The second kappa shape index (κ2) is 4.86. The fraction of sp³-hybridized carbons (Fsp3) is 1.00. The molecule has 2 saturated heterocycles. The van der Waals surface area contributed by atoms with Crippen LogP contribution >= 0.6 is 11.8 Å². The number of hydrogen-bond acceptors (Lipinski definition) is 3. The van der Waals surface area contributed by atoms with Crippen molar-refractivity contribution < 1.29 is 0 Å². The zero-order chi connectivity index (χ0) is 9.97. The summed E-state index contributed by atoms with van der Waals surface area (Å²) in [5, 5.41) is 3.57. The van der Waals surface area contributed by atoms with Crippen molar-refractivity contribution in [3.05, 3.63) is 0 Å². The molecule has 2 aliphatic rings. The van der Waals surface area contributed by atoms with Gasteiger partial charge >= 0.3 is 0 Å². The minimum atomic E-state index is 0.739. The van der Waals surface area contributed by atoms with Crippen LogP contribution in [0, 0.1) is 0 Å². The van der Waals surface area contributed by atoms with Gasteiger partial charge in [-0.25, -0.2) is 0 Å². The Morgan fingerprint density at radius 2 is 2.00 bits per heavy atom. The largest absolute Gasteiger partial charge is 0.303 e. The molecule has 3 atom stereocenters. The summed E-state index contributed by atoms with van der Waals surface area (Å²) in [7, 11) is 0. The molecular weight excluding hydrogens is 192 g/mol. The standard InChI is InChI=1S/C11H22N2S/c1-9-4-3-5-10(2)13(9)6-11-7-14-8-12-11/h9-12H,3-8H2,1-2H3. The maximum atomic E-state index is 3.57. The zero-order valence-corrected chi connectivity index (χ0v) is 10.1. The average molecular weight is 214 g/mol. The molecule has 2 aliphatic heterocycles. The molecule has 14 heavy (non-hydrogen) atoms. The lowest BCUT2D eigenvalue weighted by atomic mass is 9.97. The third kappa shape index (κ3) is 2.44. The Hall–Kier alpha value is 0.270. The van der Waals surface area contributed by atoms with Gasteiger partial charge in [-0.1, -0.05) is 6.42 Å². The first-order valence-electron chi connectivity index (χ1n) is 5.84. The predicted molar refractivity (Wildman–Crippen MR) is 63.7 cm³/mol. The van der Waals surface area contributed by atoms with E-state index in [1.165, 1.54) is 31.6 Å². The summed E-state index contributed by atoms with van der Waals surface area (Å²) < 4.78 is 0. The molecule has 0 amide bonds. The van der Waals surface area contributed by atoms with Crippen LogP contribution in [0.5, 0.6) is 0 Å². The summed E-state index contributed by atoms with van der Waals surface area (Å²) in [6.07, 6.45) is 4.21. The summed E-state index contributed by atoms with van der Waals surface area (Å²) in [5.41, 5.74) is 0. The van der Waals surface area contributed by atoms with Gasteiger partial charge in [0.05, 0.1) is 0 Å². The van der Waals surface area contributed by atoms with E-state index in [2.05, 4.69) is 24.1 Å². The summed E-state index contributed by atoms with van der Waals surface area (Å²) in [5.74, 6) is 2.46. The third-order valence-electron chi connectivity index (χ3n) is 3.60. The Morgan fingerprint density at radius 3 is 2.57 bits per heavy atom. The van der Waals surface area contributed by atoms with Crippen molar-refractivity contribution >= 4 is 11.8 Å². The maximum Gasteiger partial charge on any atom is 0.0421 e. The molecule has 2 fully saturated rings. The van der Waals surface area contributed by atoms with Gasteiger partial charge in [0.2, 0.25) is 0 Å². The molecule has 2 nitrogen and oxygen atoms in total. The molecule has 2 heterocycles. The summed E-state index contributed by atoms with van der Waals surface area (Å²) in [6, 6.07) is 2.33. The van der Waals surface area contributed by atoms with Gasteiger partial charge in [0.15, 0.2) is 0 Å². The van der Waals surface area contributed by atoms with Crippen molar-refractivity contribution in [1.82, 2.24) is 10.2 Å². The van der Waals surface area contributed by atoms with Crippen LogP contribution in [0.25, 0.3) is 0 Å². The SMILES string of the molecule is CC1CCCC(C)N1CC1CSCN1. The monoisotopic (exact) mass is 214 g/mol. The number of rotatable bonds is 2. The highest BCUT2D eigenvalue weighted by Gasteiger charge is 2.27. The second-order valence-electron chi connectivity index (χ2n) is 4.74. The van der Waals surface area contributed by atoms with Gasteiger partial charge in [0.25, 0.3) is 0 Å². The third-order valence-corrected chi connectivity index (χ3v) is 4.61. The number of likely N-dealkylation sites (tertiary alicyclic amines) is 1. The van der Waals surface area contributed by atoms with E-state index < -0.39 is 0 Å². The lowest BCUT2D eigenvalue weighted by Crippen LogP contribution is -2.49. The summed E-state index contributed by atoms with van der Waals surface area (Å²) in [4.78, 5) is 2.70. The van der Waals surface area contributed by atoms with Crippen molar-refractivity contribution in [3.63, 3.8) is 0 Å². The van der Waals surface area contributed by atoms with Crippen LogP contribution in [0.1, 0.15) is 33.1 Å². The smallest absolute Gasteiger partial charge is 0.0421 e. The zero-order valence-electron chi connectivity index (χ0n) is 9.33. The Balaban J connectivity index is 1.86. The van der Waals surface area contributed by atoms with Gasteiger partial charge in [0, 0.05) is 36.3 Å². The van der Waals surface area contributed by atoms with Crippen LogP contribution in [0.4, 0.5) is 0 Å². The van der Waals surface area contributed by atoms with E-state index in [4.69, 9.17) is 0 Å². The fourth-order valence-corrected chi connectivity index (χ4v) is 3.62. The van der Waals surface area contributed by atoms with Crippen molar-refractivity contribution in [2.45, 2.75) is 51.2 Å². The van der Waals surface area contributed by atoms with Gasteiger partial charge in [-0.3, -0.25) is 4.90 Å². The Morgan fingerprint density at radius 1 is 1.29 bits per heavy atom. The molecule has 0 bridgehead atoms. The van der Waals surface area contributed by atoms with Gasteiger partial charge in [0.1, 0.15) is 0 Å². The molecule has 2 rings (SSSR count). The Kier molecular flexibility index (Phi) is 3.74. The molecule has 0 spiro atoms. The van der Waals surface area contributed by atoms with Crippen LogP contribution in [-0.2, 0) is 0 Å². The molecule has 0 aromatic rings. The summed E-state index contributed by atoms with van der Waals surface area (Å²) in [6.45, 7) is 6.03. The number of piperidine rings is 1. The second-order valence-corrected chi connectivity index (χ2v) is 5.77. The van der Waals surface area contributed by atoms with Gasteiger partial charge < -0.3 is 5.32 Å². The van der Waals surface area contributed by atoms with E-state index >= 15 is 0 Å². The molecule has 1 N–H and O–H groups in total. The molecule has 0 saturated carbocycles. The molecule has 0 radical (unpaired) electrons. The summed E-state index contributed by atoms with van der Waals surface area (Å²) >= 11 is 2.04. The lowest BCUT2D eigenvalue weighted by molar-refractivity contribution is 0.0955. The van der Waals surface area contributed by atoms with E-state index in [-0.39, 0.29) is 0 Å². The molecule has 0 aliphatic carbocycles. The molecule has 3 heteroatoms. The van der Waals surface area contributed by atoms with E-state index in [1.807, 2.05) is 11.8 Å². The maximum absolute atomic E-state index is 3.57. The Bertz CT molecular complexity index is 170. The Labute approximate surface area is 91.8 Å². The number of nitrogens with zero attached hydrogens (tertiary/aromatic N) is 1. The van der Waals surface area contributed by atoms with Crippen LogP contribution in [0.3, 0.4) is 0 Å². The molecule has 0 aromatic carbocycles. The molecule has 3 unspecified atom stereocenters. The molecular formula is C11H22N2S. The van der Waals surface area contributed by atoms with Crippen molar-refractivity contribution in [2.75, 3.05) is 18.2 Å². The number of thioether (sulfide) groups is 1. The molecule has 0 aromatic heterocycles. The minimum Gasteiger partial charge on any atom is -0.303 e. The highest BCUT2D eigenvalue weighted by molar-refractivity contribution is 7.99. The lowest BCUT2D eigenvalue weighted by Gasteiger charge is -2.40. The van der Waals surface area contributed by atoms with E-state index in [0.717, 1.165) is 24.0 Å². The van der Waals surface area contributed by atoms with Crippen molar-refractivity contribution in [1.29, 1.82) is 0 Å².